The van der Waals surface area contributed by atoms with Crippen molar-refractivity contribution in [3.05, 3.63) is 24.2 Å². The summed E-state index contributed by atoms with van der Waals surface area (Å²) in [7, 11) is 0. The number of nitrogens with one attached hydrogen (secondary N) is 1. The van der Waals surface area contributed by atoms with Crippen molar-refractivity contribution in [2.45, 2.75) is 64.5 Å². The van der Waals surface area contributed by atoms with E-state index in [0.717, 1.165) is 24.5 Å². The maximum Gasteiger partial charge on any atom is 0.103 e. The van der Waals surface area contributed by atoms with Crippen LogP contribution in [0.4, 0.5) is 0 Å². The van der Waals surface area contributed by atoms with Gasteiger partial charge in [0.25, 0.3) is 0 Å². The van der Waals surface area contributed by atoms with E-state index in [2.05, 4.69) is 25.2 Å². The quantitative estimate of drug-likeness (QED) is 0.778. The lowest BCUT2D eigenvalue weighted by Gasteiger charge is -2.30. The summed E-state index contributed by atoms with van der Waals surface area (Å²) in [5, 5.41) is 3.70. The fourth-order valence-electron chi connectivity index (χ4n) is 2.68. The van der Waals surface area contributed by atoms with E-state index >= 15 is 0 Å². The first-order valence-corrected chi connectivity index (χ1v) is 7.02. The van der Waals surface area contributed by atoms with E-state index in [-0.39, 0.29) is 0 Å². The summed E-state index contributed by atoms with van der Waals surface area (Å²) >= 11 is 0. The number of rotatable bonds is 7. The normalized spacial score (nSPS) is 19.9. The molecule has 0 aromatic carbocycles. The molecule has 17 heavy (non-hydrogen) atoms. The van der Waals surface area contributed by atoms with Crippen molar-refractivity contribution >= 4 is 0 Å². The van der Waals surface area contributed by atoms with Crippen LogP contribution in [-0.4, -0.2) is 12.1 Å². The lowest BCUT2D eigenvalue weighted by atomic mass is 9.81. The van der Waals surface area contributed by atoms with Crippen LogP contribution in [0.15, 0.2) is 22.8 Å². The molecule has 0 saturated heterocycles. The molecule has 2 nitrogen and oxygen atoms in total. The fraction of sp³-hybridized carbons (Fsp3) is 0.733. The maximum absolute atomic E-state index is 5.35. The van der Waals surface area contributed by atoms with Crippen LogP contribution < -0.4 is 5.32 Å². The van der Waals surface area contributed by atoms with Crippen LogP contribution in [-0.2, 0) is 6.42 Å². The molecule has 2 rings (SSSR count). The minimum atomic E-state index is 0.579. The van der Waals surface area contributed by atoms with Gasteiger partial charge in [-0.15, -0.1) is 0 Å². The first-order valence-electron chi connectivity index (χ1n) is 7.02. The largest absolute Gasteiger partial charge is 0.469 e. The molecule has 0 spiro atoms. The van der Waals surface area contributed by atoms with Crippen molar-refractivity contribution in [2.75, 3.05) is 0 Å². The van der Waals surface area contributed by atoms with E-state index in [1.807, 2.05) is 6.07 Å². The minimum Gasteiger partial charge on any atom is -0.469 e. The zero-order valence-electron chi connectivity index (χ0n) is 11.1. The second-order valence-corrected chi connectivity index (χ2v) is 5.62. The monoisotopic (exact) mass is 235 g/mol. The van der Waals surface area contributed by atoms with Crippen LogP contribution >= 0.6 is 0 Å². The molecular weight excluding hydrogens is 210 g/mol. The Morgan fingerprint density at radius 3 is 2.76 bits per heavy atom. The van der Waals surface area contributed by atoms with E-state index in [4.69, 9.17) is 4.42 Å². The molecule has 1 aromatic heterocycles. The van der Waals surface area contributed by atoms with E-state index in [1.54, 1.807) is 6.26 Å². The molecule has 0 bridgehead atoms. The Balaban J connectivity index is 1.60. The molecule has 96 valence electrons. The van der Waals surface area contributed by atoms with Crippen LogP contribution in [0.2, 0.25) is 0 Å². The van der Waals surface area contributed by atoms with Crippen molar-refractivity contribution in [1.82, 2.24) is 5.32 Å². The average Bonchev–Trinajstić information content (AvgIpc) is 2.73. The molecule has 2 unspecified atom stereocenters. The van der Waals surface area contributed by atoms with Gasteiger partial charge in [0.15, 0.2) is 0 Å². The van der Waals surface area contributed by atoms with Gasteiger partial charge >= 0.3 is 0 Å². The van der Waals surface area contributed by atoms with Crippen molar-refractivity contribution in [2.24, 2.45) is 5.92 Å². The Hall–Kier alpha value is -0.760. The lowest BCUT2D eigenvalue weighted by molar-refractivity contribution is 0.257. The molecule has 1 aliphatic carbocycles. The van der Waals surface area contributed by atoms with Crippen LogP contribution in [0.5, 0.6) is 0 Å². The highest BCUT2D eigenvalue weighted by molar-refractivity contribution is 4.98. The zero-order valence-corrected chi connectivity index (χ0v) is 11.1. The average molecular weight is 235 g/mol. The first-order chi connectivity index (χ1) is 8.24. The Kier molecular flexibility index (Phi) is 4.66. The molecular formula is C15H25NO. The predicted molar refractivity (Wildman–Crippen MR) is 71.0 cm³/mol. The molecule has 1 N–H and O–H groups in total. The third kappa shape index (κ3) is 4.19. The van der Waals surface area contributed by atoms with Crippen molar-refractivity contribution in [1.29, 1.82) is 0 Å². The SMILES string of the molecule is CC(CCc1ccco1)NC(C)CC1CCC1. The van der Waals surface area contributed by atoms with Gasteiger partial charge < -0.3 is 9.73 Å². The van der Waals surface area contributed by atoms with Gasteiger partial charge in [-0.1, -0.05) is 19.3 Å². The van der Waals surface area contributed by atoms with Gasteiger partial charge in [0.1, 0.15) is 5.76 Å². The van der Waals surface area contributed by atoms with Crippen molar-refractivity contribution in [3.63, 3.8) is 0 Å². The van der Waals surface area contributed by atoms with Gasteiger partial charge in [-0.25, -0.2) is 0 Å². The third-order valence-electron chi connectivity index (χ3n) is 3.88. The summed E-state index contributed by atoms with van der Waals surface area (Å²) in [4.78, 5) is 0. The lowest BCUT2D eigenvalue weighted by Crippen LogP contribution is -2.37. The Bertz CT molecular complexity index is 303. The summed E-state index contributed by atoms with van der Waals surface area (Å²) in [5.74, 6) is 2.10. The third-order valence-corrected chi connectivity index (χ3v) is 3.88. The smallest absolute Gasteiger partial charge is 0.103 e. The van der Waals surface area contributed by atoms with Gasteiger partial charge in [0.2, 0.25) is 0 Å². The molecule has 1 heterocycles. The van der Waals surface area contributed by atoms with Crippen LogP contribution in [0.3, 0.4) is 0 Å². The fourth-order valence-corrected chi connectivity index (χ4v) is 2.68. The molecule has 0 radical (unpaired) electrons. The standard InChI is InChI=1S/C15H25NO/c1-12(8-9-15-7-4-10-17-15)16-13(2)11-14-5-3-6-14/h4,7,10,12-14,16H,3,5-6,8-9,11H2,1-2H3. The highest BCUT2D eigenvalue weighted by atomic mass is 16.3. The molecule has 1 fully saturated rings. The molecule has 1 saturated carbocycles. The van der Waals surface area contributed by atoms with Gasteiger partial charge in [0, 0.05) is 18.5 Å². The van der Waals surface area contributed by atoms with Gasteiger partial charge in [0.05, 0.1) is 6.26 Å². The van der Waals surface area contributed by atoms with Gasteiger partial charge in [-0.3, -0.25) is 0 Å². The zero-order chi connectivity index (χ0) is 12.1. The minimum absolute atomic E-state index is 0.579. The van der Waals surface area contributed by atoms with Crippen LogP contribution in [0.1, 0.15) is 51.7 Å². The summed E-state index contributed by atoms with van der Waals surface area (Å²) in [5.41, 5.74) is 0. The summed E-state index contributed by atoms with van der Waals surface area (Å²) in [6, 6.07) is 5.26. The summed E-state index contributed by atoms with van der Waals surface area (Å²) in [6.45, 7) is 4.60. The van der Waals surface area contributed by atoms with Crippen molar-refractivity contribution < 1.29 is 4.42 Å². The Morgan fingerprint density at radius 1 is 1.35 bits per heavy atom. The molecule has 2 heteroatoms. The second-order valence-electron chi connectivity index (χ2n) is 5.62. The number of hydrogen-bond acceptors (Lipinski definition) is 2. The van der Waals surface area contributed by atoms with Gasteiger partial charge in [-0.2, -0.15) is 0 Å². The van der Waals surface area contributed by atoms with E-state index in [9.17, 15) is 0 Å². The first kappa shape index (κ1) is 12.7. The van der Waals surface area contributed by atoms with E-state index in [1.165, 1.54) is 25.7 Å². The Labute approximate surface area is 105 Å². The number of aryl methyl sites for hydroxylation is 1. The van der Waals surface area contributed by atoms with Crippen LogP contribution in [0, 0.1) is 5.92 Å². The summed E-state index contributed by atoms with van der Waals surface area (Å²) < 4.78 is 5.35. The van der Waals surface area contributed by atoms with Crippen molar-refractivity contribution in [3.8, 4) is 0 Å². The molecule has 0 aliphatic heterocycles. The summed E-state index contributed by atoms with van der Waals surface area (Å²) in [6.07, 6.45) is 9.66. The Morgan fingerprint density at radius 2 is 2.18 bits per heavy atom. The molecule has 0 amide bonds. The molecule has 1 aliphatic rings. The highest BCUT2D eigenvalue weighted by Crippen LogP contribution is 2.30. The maximum atomic E-state index is 5.35. The second kappa shape index (κ2) is 6.25. The van der Waals surface area contributed by atoms with Crippen LogP contribution in [0.25, 0.3) is 0 Å². The highest BCUT2D eigenvalue weighted by Gasteiger charge is 2.20. The number of hydrogen-bond donors (Lipinski definition) is 1. The topological polar surface area (TPSA) is 25.2 Å². The van der Waals surface area contributed by atoms with E-state index in [0.29, 0.717) is 12.1 Å². The van der Waals surface area contributed by atoms with E-state index < -0.39 is 0 Å². The molecule has 1 aromatic rings. The van der Waals surface area contributed by atoms with Gasteiger partial charge in [-0.05, 0) is 44.7 Å². The molecule has 2 atom stereocenters. The predicted octanol–water partition coefficient (Wildman–Crippen LogP) is 3.77. The number of furan rings is 1.